The van der Waals surface area contributed by atoms with E-state index in [9.17, 15) is 14.7 Å². The smallest absolute Gasteiger partial charge is 0.336 e. The van der Waals surface area contributed by atoms with Crippen LogP contribution in [0.25, 0.3) is 0 Å². The highest BCUT2D eigenvalue weighted by Crippen LogP contribution is 2.59. The van der Waals surface area contributed by atoms with Gasteiger partial charge in [-0.2, -0.15) is 0 Å². The Bertz CT molecular complexity index is 589. The molecule has 1 aliphatic heterocycles. The third kappa shape index (κ3) is 3.17. The zero-order valence-electron chi connectivity index (χ0n) is 15.7. The van der Waals surface area contributed by atoms with Crippen molar-refractivity contribution in [3.8, 4) is 0 Å². The molecule has 5 nitrogen and oxygen atoms in total. The number of aliphatic hydroxyl groups is 1. The highest BCUT2D eigenvalue weighted by molar-refractivity contribution is 5.90. The van der Waals surface area contributed by atoms with Crippen molar-refractivity contribution in [1.29, 1.82) is 0 Å². The Kier molecular flexibility index (Phi) is 4.84. The van der Waals surface area contributed by atoms with Crippen LogP contribution in [-0.2, 0) is 19.1 Å². The van der Waals surface area contributed by atoms with Gasteiger partial charge in [0.2, 0.25) is 0 Å². The Morgan fingerprint density at radius 3 is 2.64 bits per heavy atom. The van der Waals surface area contributed by atoms with Crippen LogP contribution in [-0.4, -0.2) is 42.8 Å². The van der Waals surface area contributed by atoms with E-state index in [1.54, 1.807) is 0 Å². The average Bonchev–Trinajstić information content (AvgIpc) is 3.38. The van der Waals surface area contributed by atoms with Gasteiger partial charge < -0.3 is 14.6 Å². The lowest BCUT2D eigenvalue weighted by Gasteiger charge is -2.58. The molecule has 0 bridgehead atoms. The number of esters is 1. The van der Waals surface area contributed by atoms with Gasteiger partial charge in [0.1, 0.15) is 11.9 Å². The Labute approximate surface area is 149 Å². The van der Waals surface area contributed by atoms with Crippen LogP contribution in [0.2, 0.25) is 0 Å². The molecule has 0 aromatic rings. The first-order valence-corrected chi connectivity index (χ1v) is 9.32. The van der Waals surface area contributed by atoms with Crippen molar-refractivity contribution in [1.82, 2.24) is 0 Å². The van der Waals surface area contributed by atoms with Crippen LogP contribution in [0.3, 0.4) is 0 Å². The van der Waals surface area contributed by atoms with Crippen LogP contribution in [0.15, 0.2) is 11.6 Å². The molecule has 0 radical (unpaired) electrons. The Morgan fingerprint density at radius 2 is 2.04 bits per heavy atom. The monoisotopic (exact) mass is 350 g/mol. The molecule has 5 heteroatoms. The number of carbonyl (C=O) groups is 2. The zero-order valence-corrected chi connectivity index (χ0v) is 15.7. The number of hydrogen-bond acceptors (Lipinski definition) is 5. The SMILES string of the molecule is COC(=O)C(=CCC1C(=O)CCC2C(C)(C)C(O)CCC12C)C1CO1. The van der Waals surface area contributed by atoms with E-state index in [1.807, 2.05) is 6.08 Å². The van der Waals surface area contributed by atoms with Crippen molar-refractivity contribution in [2.75, 3.05) is 13.7 Å². The molecular weight excluding hydrogens is 320 g/mol. The number of aliphatic hydroxyl groups excluding tert-OH is 1. The van der Waals surface area contributed by atoms with Gasteiger partial charge in [0.25, 0.3) is 0 Å². The number of allylic oxidation sites excluding steroid dienone is 1. The van der Waals surface area contributed by atoms with Crippen LogP contribution >= 0.6 is 0 Å². The van der Waals surface area contributed by atoms with Crippen molar-refractivity contribution in [3.05, 3.63) is 11.6 Å². The summed E-state index contributed by atoms with van der Waals surface area (Å²) >= 11 is 0. The summed E-state index contributed by atoms with van der Waals surface area (Å²) in [7, 11) is 1.37. The average molecular weight is 350 g/mol. The molecule has 3 fully saturated rings. The molecule has 0 aromatic carbocycles. The number of hydrogen-bond donors (Lipinski definition) is 1. The van der Waals surface area contributed by atoms with Crippen molar-refractivity contribution >= 4 is 11.8 Å². The molecule has 5 atom stereocenters. The highest BCUT2D eigenvalue weighted by atomic mass is 16.6. The molecule has 0 amide bonds. The molecule has 1 N–H and O–H groups in total. The molecule has 25 heavy (non-hydrogen) atoms. The Balaban J connectivity index is 1.86. The van der Waals surface area contributed by atoms with Crippen LogP contribution < -0.4 is 0 Å². The van der Waals surface area contributed by atoms with E-state index in [2.05, 4.69) is 20.8 Å². The Hall–Kier alpha value is -1.20. The van der Waals surface area contributed by atoms with Crippen molar-refractivity contribution in [3.63, 3.8) is 0 Å². The van der Waals surface area contributed by atoms with Crippen molar-refractivity contribution in [2.45, 2.75) is 65.1 Å². The first kappa shape index (κ1) is 18.6. The van der Waals surface area contributed by atoms with Crippen LogP contribution in [0.1, 0.15) is 52.9 Å². The second kappa shape index (κ2) is 6.51. The molecule has 1 heterocycles. The van der Waals surface area contributed by atoms with E-state index in [4.69, 9.17) is 9.47 Å². The highest BCUT2D eigenvalue weighted by Gasteiger charge is 2.57. The van der Waals surface area contributed by atoms with Gasteiger partial charge in [-0.15, -0.1) is 0 Å². The summed E-state index contributed by atoms with van der Waals surface area (Å²) in [5.41, 5.74) is 0.205. The number of ether oxygens (including phenoxy) is 2. The lowest BCUT2D eigenvalue weighted by molar-refractivity contribution is -0.157. The maximum atomic E-state index is 12.7. The summed E-state index contributed by atoms with van der Waals surface area (Å²) in [5, 5.41) is 10.5. The number of fused-ring (bicyclic) bond motifs is 1. The number of ketones is 1. The molecule has 0 spiro atoms. The molecule has 3 aliphatic rings. The van der Waals surface area contributed by atoms with E-state index in [1.165, 1.54) is 7.11 Å². The summed E-state index contributed by atoms with van der Waals surface area (Å²) in [6, 6.07) is 0. The number of epoxide rings is 1. The molecule has 1 saturated heterocycles. The molecule has 2 aliphatic carbocycles. The minimum Gasteiger partial charge on any atom is -0.466 e. The first-order valence-electron chi connectivity index (χ1n) is 9.32. The van der Waals surface area contributed by atoms with E-state index in [0.717, 1.165) is 19.3 Å². The van der Waals surface area contributed by atoms with Crippen LogP contribution in [0.4, 0.5) is 0 Å². The normalized spacial score (nSPS) is 40.4. The standard InChI is InChI=1S/C20H30O5/c1-19(2)16-8-7-14(21)13(20(16,3)10-9-17(19)22)6-5-12(15-11-25-15)18(23)24-4/h5,13,15-17,22H,6-11H2,1-4H3. The minimum absolute atomic E-state index is 0.114. The zero-order chi connectivity index (χ0) is 18.4. The fourth-order valence-electron chi connectivity index (χ4n) is 5.36. The molecule has 140 valence electrons. The Morgan fingerprint density at radius 1 is 1.36 bits per heavy atom. The second-order valence-corrected chi connectivity index (χ2v) is 8.70. The molecule has 2 saturated carbocycles. The topological polar surface area (TPSA) is 76.1 Å². The van der Waals surface area contributed by atoms with Gasteiger partial charge in [-0.05, 0) is 42.4 Å². The van der Waals surface area contributed by atoms with Gasteiger partial charge in [0.05, 0.1) is 25.4 Å². The second-order valence-electron chi connectivity index (χ2n) is 8.70. The third-order valence-corrected chi connectivity index (χ3v) is 7.05. The predicted molar refractivity (Wildman–Crippen MR) is 92.8 cm³/mol. The summed E-state index contributed by atoms with van der Waals surface area (Å²) in [6.45, 7) is 6.99. The third-order valence-electron chi connectivity index (χ3n) is 7.05. The van der Waals surface area contributed by atoms with Gasteiger partial charge in [0.15, 0.2) is 0 Å². The lowest BCUT2D eigenvalue weighted by Crippen LogP contribution is -2.56. The van der Waals surface area contributed by atoms with E-state index in [0.29, 0.717) is 30.9 Å². The van der Waals surface area contributed by atoms with Gasteiger partial charge in [-0.1, -0.05) is 26.8 Å². The van der Waals surface area contributed by atoms with Crippen molar-refractivity contribution < 1.29 is 24.2 Å². The summed E-state index contributed by atoms with van der Waals surface area (Å²) < 4.78 is 10.1. The number of carbonyl (C=O) groups excluding carboxylic acids is 2. The fraction of sp³-hybridized carbons (Fsp3) is 0.800. The maximum Gasteiger partial charge on any atom is 0.336 e. The number of rotatable bonds is 4. The van der Waals surface area contributed by atoms with Gasteiger partial charge in [0, 0.05) is 12.3 Å². The molecule has 0 aromatic heterocycles. The summed E-state index contributed by atoms with van der Waals surface area (Å²) in [6.07, 6.45) is 4.88. The first-order chi connectivity index (χ1) is 11.7. The molecular formula is C20H30O5. The van der Waals surface area contributed by atoms with Crippen LogP contribution in [0, 0.1) is 22.7 Å². The number of Topliss-reactive ketones (excluding diaryl/α,β-unsaturated/α-hetero) is 1. The van der Waals surface area contributed by atoms with Gasteiger partial charge in [-0.3, -0.25) is 4.79 Å². The number of methoxy groups -OCH3 is 1. The van der Waals surface area contributed by atoms with E-state index in [-0.39, 0.29) is 40.7 Å². The fourth-order valence-corrected chi connectivity index (χ4v) is 5.36. The van der Waals surface area contributed by atoms with Gasteiger partial charge in [-0.25, -0.2) is 4.79 Å². The predicted octanol–water partition coefficient (Wildman–Crippen LogP) is 2.66. The van der Waals surface area contributed by atoms with Crippen LogP contribution in [0.5, 0.6) is 0 Å². The summed E-state index contributed by atoms with van der Waals surface area (Å²) in [4.78, 5) is 24.7. The quantitative estimate of drug-likeness (QED) is 0.479. The molecule has 3 rings (SSSR count). The van der Waals surface area contributed by atoms with Crippen molar-refractivity contribution in [2.24, 2.45) is 22.7 Å². The molecule has 5 unspecified atom stereocenters. The minimum atomic E-state index is -0.369. The van der Waals surface area contributed by atoms with E-state index < -0.39 is 0 Å². The maximum absolute atomic E-state index is 12.7. The lowest BCUT2D eigenvalue weighted by atomic mass is 9.47. The van der Waals surface area contributed by atoms with Gasteiger partial charge >= 0.3 is 5.97 Å². The largest absolute Gasteiger partial charge is 0.466 e. The summed E-state index contributed by atoms with van der Waals surface area (Å²) in [5.74, 6) is 0.102. The van der Waals surface area contributed by atoms with E-state index >= 15 is 0 Å².